The van der Waals surface area contributed by atoms with Crippen LogP contribution in [0, 0.1) is 5.82 Å². The van der Waals surface area contributed by atoms with Gasteiger partial charge in [0.1, 0.15) is 5.82 Å². The maximum Gasteiger partial charge on any atom is 0.494 e. The number of hydrogen-bond acceptors (Lipinski definition) is 3. The van der Waals surface area contributed by atoms with E-state index >= 15 is 0 Å². The number of benzene rings is 1. The van der Waals surface area contributed by atoms with E-state index in [1.807, 2.05) is 0 Å². The van der Waals surface area contributed by atoms with Crippen molar-refractivity contribution in [2.45, 2.75) is 44.2 Å². The normalized spacial score (nSPS) is 12.6. The molecule has 0 aliphatic heterocycles. The van der Waals surface area contributed by atoms with Crippen LogP contribution in [0.15, 0.2) is 18.2 Å². The molecule has 0 spiro atoms. The lowest BCUT2D eigenvalue weighted by Gasteiger charge is -2.38. The molecule has 2 N–H and O–H groups in total. The van der Waals surface area contributed by atoms with E-state index in [0.717, 1.165) is 5.56 Å². The Hall–Kier alpha value is -0.425. The molecule has 0 aliphatic carbocycles. The van der Waals surface area contributed by atoms with Gasteiger partial charge in [0.15, 0.2) is 0 Å². The molecule has 106 valence electrons. The van der Waals surface area contributed by atoms with Crippen LogP contribution in [0.2, 0.25) is 0 Å². The lowest BCUT2D eigenvalue weighted by Crippen LogP contribution is -2.53. The van der Waals surface area contributed by atoms with Crippen LogP contribution in [0.1, 0.15) is 33.3 Å². The molecule has 0 aromatic heterocycles. The third-order valence-electron chi connectivity index (χ3n) is 3.36. The molecule has 0 unspecified atom stereocenters. The van der Waals surface area contributed by atoms with E-state index in [1.165, 1.54) is 12.1 Å². The van der Waals surface area contributed by atoms with Crippen LogP contribution in [-0.4, -0.2) is 28.5 Å². The molecule has 0 aliphatic rings. The average molecular weight is 333 g/mol. The van der Waals surface area contributed by atoms with Gasteiger partial charge in [-0.2, -0.15) is 0 Å². The van der Waals surface area contributed by atoms with E-state index in [9.17, 15) is 14.5 Å². The Morgan fingerprint density at radius 2 is 1.89 bits per heavy atom. The van der Waals surface area contributed by atoms with Gasteiger partial charge in [-0.1, -0.05) is 28.1 Å². The van der Waals surface area contributed by atoms with Gasteiger partial charge in [0.2, 0.25) is 0 Å². The van der Waals surface area contributed by atoms with E-state index in [2.05, 4.69) is 15.9 Å². The summed E-state index contributed by atoms with van der Waals surface area (Å²) in [6.07, 6.45) is 0. The summed E-state index contributed by atoms with van der Waals surface area (Å²) in [7, 11) is -1.43. The standard InChI is InChI=1S/C13H19BBrFO3/c1-12(2,17)13(3,4)19-14(18)10-6-5-9(8-15)7-11(10)16/h5-7,17-18H,8H2,1-4H3. The molecule has 0 atom stereocenters. The van der Waals surface area contributed by atoms with Gasteiger partial charge in [0.05, 0.1) is 11.2 Å². The lowest BCUT2D eigenvalue weighted by molar-refractivity contribution is -0.0983. The van der Waals surface area contributed by atoms with Gasteiger partial charge in [0, 0.05) is 10.8 Å². The summed E-state index contributed by atoms with van der Waals surface area (Å²) in [4.78, 5) is 0. The lowest BCUT2D eigenvalue weighted by atomic mass is 9.76. The highest BCUT2D eigenvalue weighted by atomic mass is 79.9. The summed E-state index contributed by atoms with van der Waals surface area (Å²) in [5, 5.41) is 20.5. The summed E-state index contributed by atoms with van der Waals surface area (Å²) in [6, 6.07) is 4.53. The van der Waals surface area contributed by atoms with Crippen LogP contribution in [0.3, 0.4) is 0 Å². The molecule has 1 aromatic carbocycles. The predicted molar refractivity (Wildman–Crippen MR) is 78.1 cm³/mol. The fourth-order valence-electron chi connectivity index (χ4n) is 1.34. The Bertz CT molecular complexity index is 446. The van der Waals surface area contributed by atoms with Crippen molar-refractivity contribution in [1.29, 1.82) is 0 Å². The van der Waals surface area contributed by atoms with E-state index < -0.39 is 24.1 Å². The molecule has 0 radical (unpaired) electrons. The van der Waals surface area contributed by atoms with E-state index in [4.69, 9.17) is 4.65 Å². The van der Waals surface area contributed by atoms with Crippen molar-refractivity contribution in [3.8, 4) is 0 Å². The fourth-order valence-corrected chi connectivity index (χ4v) is 1.69. The number of alkyl halides is 1. The Balaban J connectivity index is 2.93. The quantitative estimate of drug-likeness (QED) is 0.640. The third kappa shape index (κ3) is 4.02. The maximum atomic E-state index is 13.8. The van der Waals surface area contributed by atoms with Crippen LogP contribution >= 0.6 is 15.9 Å². The second-order valence-corrected chi connectivity index (χ2v) is 6.09. The molecule has 3 nitrogen and oxygen atoms in total. The molecule has 0 bridgehead atoms. The van der Waals surface area contributed by atoms with Gasteiger partial charge >= 0.3 is 7.12 Å². The number of aliphatic hydroxyl groups is 1. The van der Waals surface area contributed by atoms with Gasteiger partial charge < -0.3 is 14.8 Å². The summed E-state index contributed by atoms with van der Waals surface area (Å²) in [6.45, 7) is 6.43. The highest BCUT2D eigenvalue weighted by Crippen LogP contribution is 2.25. The summed E-state index contributed by atoms with van der Waals surface area (Å²) >= 11 is 3.23. The minimum atomic E-state index is -1.43. The Morgan fingerprint density at radius 3 is 2.32 bits per heavy atom. The molecular formula is C13H19BBrFO3. The highest BCUT2D eigenvalue weighted by Gasteiger charge is 2.40. The second-order valence-electron chi connectivity index (χ2n) is 5.53. The molecule has 6 heteroatoms. The van der Waals surface area contributed by atoms with Crippen molar-refractivity contribution < 1.29 is 19.2 Å². The molecular weight excluding hydrogens is 314 g/mol. The number of rotatable bonds is 5. The van der Waals surface area contributed by atoms with Crippen molar-refractivity contribution >= 4 is 28.5 Å². The fraction of sp³-hybridized carbons (Fsp3) is 0.538. The van der Waals surface area contributed by atoms with Crippen molar-refractivity contribution in [1.82, 2.24) is 0 Å². The maximum absolute atomic E-state index is 13.8. The molecule has 0 fully saturated rings. The van der Waals surface area contributed by atoms with Gasteiger partial charge in [-0.25, -0.2) is 4.39 Å². The van der Waals surface area contributed by atoms with E-state index in [0.29, 0.717) is 5.33 Å². The number of hydrogen-bond donors (Lipinski definition) is 2. The zero-order valence-corrected chi connectivity index (χ0v) is 13.2. The average Bonchev–Trinajstić information content (AvgIpc) is 2.26. The van der Waals surface area contributed by atoms with Crippen molar-refractivity contribution in [2.24, 2.45) is 0 Å². The first-order valence-electron chi connectivity index (χ1n) is 6.01. The first-order chi connectivity index (χ1) is 8.58. The SMILES string of the molecule is CC(C)(O)C(C)(C)OB(O)c1ccc(CBr)cc1F. The first-order valence-corrected chi connectivity index (χ1v) is 7.13. The Morgan fingerprint density at radius 1 is 1.32 bits per heavy atom. The van der Waals surface area contributed by atoms with Crippen LogP contribution in [0.4, 0.5) is 4.39 Å². The van der Waals surface area contributed by atoms with Gasteiger partial charge in [-0.15, -0.1) is 0 Å². The zero-order valence-electron chi connectivity index (χ0n) is 11.6. The molecule has 0 amide bonds. The molecule has 19 heavy (non-hydrogen) atoms. The summed E-state index contributed by atoms with van der Waals surface area (Å²) < 4.78 is 19.2. The summed E-state index contributed by atoms with van der Waals surface area (Å²) in [5.74, 6) is -0.531. The Kier molecular flexibility index (Phi) is 5.18. The smallest absolute Gasteiger partial charge is 0.423 e. The largest absolute Gasteiger partial charge is 0.494 e. The summed E-state index contributed by atoms with van der Waals surface area (Å²) in [5.41, 5.74) is -1.36. The Labute approximate surface area is 122 Å². The minimum Gasteiger partial charge on any atom is -0.423 e. The zero-order chi connectivity index (χ0) is 14.8. The molecule has 0 heterocycles. The van der Waals surface area contributed by atoms with Crippen LogP contribution in [-0.2, 0) is 9.98 Å². The van der Waals surface area contributed by atoms with Crippen molar-refractivity contribution in [3.63, 3.8) is 0 Å². The van der Waals surface area contributed by atoms with E-state index in [1.54, 1.807) is 33.8 Å². The van der Waals surface area contributed by atoms with Gasteiger partial charge in [-0.3, -0.25) is 0 Å². The molecule has 0 saturated heterocycles. The van der Waals surface area contributed by atoms with Crippen LogP contribution in [0.25, 0.3) is 0 Å². The minimum absolute atomic E-state index is 0.0574. The molecule has 1 aromatic rings. The monoisotopic (exact) mass is 332 g/mol. The van der Waals surface area contributed by atoms with E-state index in [-0.39, 0.29) is 5.46 Å². The molecule has 0 saturated carbocycles. The highest BCUT2D eigenvalue weighted by molar-refractivity contribution is 9.08. The van der Waals surface area contributed by atoms with Crippen LogP contribution in [0.5, 0.6) is 0 Å². The predicted octanol–water partition coefficient (Wildman–Crippen LogP) is 1.97. The topological polar surface area (TPSA) is 49.7 Å². The van der Waals surface area contributed by atoms with Crippen molar-refractivity contribution in [3.05, 3.63) is 29.6 Å². The third-order valence-corrected chi connectivity index (χ3v) is 4.01. The van der Waals surface area contributed by atoms with Crippen LogP contribution < -0.4 is 5.46 Å². The first kappa shape index (κ1) is 16.6. The van der Waals surface area contributed by atoms with Gasteiger partial charge in [0.25, 0.3) is 0 Å². The van der Waals surface area contributed by atoms with Gasteiger partial charge in [-0.05, 0) is 39.3 Å². The number of halogens is 2. The van der Waals surface area contributed by atoms with Crippen molar-refractivity contribution in [2.75, 3.05) is 0 Å². The second kappa shape index (κ2) is 5.91. The molecule has 1 rings (SSSR count).